The van der Waals surface area contributed by atoms with Gasteiger partial charge in [-0.2, -0.15) is 0 Å². The average molecular weight is 599 g/mol. The fraction of sp³-hybridized carbons (Fsp3) is 0.167. The highest BCUT2D eigenvalue weighted by Gasteiger charge is 2.36. The molecule has 4 aromatic carbocycles. The van der Waals surface area contributed by atoms with Crippen LogP contribution in [0.3, 0.4) is 0 Å². The van der Waals surface area contributed by atoms with Crippen molar-refractivity contribution in [2.24, 2.45) is 0 Å². The topological polar surface area (TPSA) is 79.1 Å². The molecule has 1 unspecified atom stereocenters. The van der Waals surface area contributed by atoms with Crippen LogP contribution in [-0.4, -0.2) is 25.8 Å². The van der Waals surface area contributed by atoms with Crippen LogP contribution < -0.4 is 9.47 Å². The first-order valence-corrected chi connectivity index (χ1v) is 15.0. The first kappa shape index (κ1) is 26.6. The number of Topliss-reactive ketones (excluding diaryl/α,β-unsaturated/α-hetero) is 1. The van der Waals surface area contributed by atoms with Crippen molar-refractivity contribution in [3.63, 3.8) is 0 Å². The zero-order valence-electron chi connectivity index (χ0n) is 24.0. The van der Waals surface area contributed by atoms with E-state index in [0.29, 0.717) is 22.9 Å². The van der Waals surface area contributed by atoms with Gasteiger partial charge < -0.3 is 9.47 Å². The number of nitrogens with zero attached hydrogens (tertiary/aromatic N) is 4. The molecule has 1 atom stereocenters. The SMILES string of the molecule is Cc1ccc(C2C3=C(CCCC3=O)Oc3cc4ccc(OCc5cn(-c6ccnc7cc(Cl)ccc67)nn5)cc4cc32)cc1. The quantitative estimate of drug-likeness (QED) is 0.200. The Labute approximate surface area is 258 Å². The molecule has 2 aromatic heterocycles. The normalized spacial score (nSPS) is 16.1. The molecule has 216 valence electrons. The lowest BCUT2D eigenvalue weighted by atomic mass is 9.76. The molecule has 1 aliphatic heterocycles. The Balaban J connectivity index is 1.09. The molecule has 0 bridgehead atoms. The number of ketones is 1. The summed E-state index contributed by atoms with van der Waals surface area (Å²) in [6.45, 7) is 2.33. The summed E-state index contributed by atoms with van der Waals surface area (Å²) in [4.78, 5) is 17.6. The maximum Gasteiger partial charge on any atom is 0.163 e. The van der Waals surface area contributed by atoms with Crippen LogP contribution in [0.4, 0.5) is 0 Å². The Hall–Kier alpha value is -5.01. The van der Waals surface area contributed by atoms with E-state index < -0.39 is 0 Å². The molecule has 0 fully saturated rings. The van der Waals surface area contributed by atoms with Crippen molar-refractivity contribution in [3.05, 3.63) is 130 Å². The van der Waals surface area contributed by atoms with Crippen molar-refractivity contribution in [2.45, 2.75) is 38.7 Å². The summed E-state index contributed by atoms with van der Waals surface area (Å²) in [5.74, 6) is 2.36. The molecule has 0 saturated carbocycles. The van der Waals surface area contributed by atoms with E-state index in [9.17, 15) is 4.79 Å². The third-order valence-electron chi connectivity index (χ3n) is 8.45. The molecule has 8 heteroatoms. The molecule has 0 radical (unpaired) electrons. The molecule has 8 rings (SSSR count). The molecule has 7 nitrogen and oxygen atoms in total. The van der Waals surface area contributed by atoms with E-state index in [2.05, 4.69) is 58.6 Å². The van der Waals surface area contributed by atoms with E-state index in [1.807, 2.05) is 48.7 Å². The van der Waals surface area contributed by atoms with E-state index in [1.54, 1.807) is 10.9 Å². The van der Waals surface area contributed by atoms with Gasteiger partial charge in [-0.25, -0.2) is 4.68 Å². The van der Waals surface area contributed by atoms with Gasteiger partial charge in [-0.3, -0.25) is 9.78 Å². The van der Waals surface area contributed by atoms with Crippen LogP contribution in [0.2, 0.25) is 5.02 Å². The number of carbonyl (C=O) groups is 1. The number of aromatic nitrogens is 4. The molecule has 1 aliphatic carbocycles. The first-order chi connectivity index (χ1) is 21.5. The van der Waals surface area contributed by atoms with Crippen molar-refractivity contribution in [1.29, 1.82) is 0 Å². The predicted molar refractivity (Wildman–Crippen MR) is 169 cm³/mol. The summed E-state index contributed by atoms with van der Waals surface area (Å²) < 4.78 is 14.3. The van der Waals surface area contributed by atoms with Gasteiger partial charge in [0.15, 0.2) is 5.78 Å². The van der Waals surface area contributed by atoms with Gasteiger partial charge in [0.25, 0.3) is 0 Å². The van der Waals surface area contributed by atoms with Crippen molar-refractivity contribution >= 4 is 39.1 Å². The zero-order valence-corrected chi connectivity index (χ0v) is 24.7. The van der Waals surface area contributed by atoms with Crippen LogP contribution in [0, 0.1) is 6.92 Å². The number of hydrogen-bond acceptors (Lipinski definition) is 6. The maximum atomic E-state index is 13.2. The number of aryl methyl sites for hydroxylation is 1. The van der Waals surface area contributed by atoms with Gasteiger partial charge in [-0.1, -0.05) is 52.7 Å². The Kier molecular flexibility index (Phi) is 6.42. The van der Waals surface area contributed by atoms with Gasteiger partial charge in [-0.05, 0) is 78.2 Å². The molecule has 0 amide bonds. The zero-order chi connectivity index (χ0) is 29.8. The summed E-state index contributed by atoms with van der Waals surface area (Å²) in [6.07, 6.45) is 5.75. The van der Waals surface area contributed by atoms with E-state index in [-0.39, 0.29) is 18.3 Å². The number of rotatable bonds is 5. The summed E-state index contributed by atoms with van der Waals surface area (Å²) in [7, 11) is 0. The number of hydrogen-bond donors (Lipinski definition) is 0. The summed E-state index contributed by atoms with van der Waals surface area (Å²) in [6, 6.07) is 26.2. The summed E-state index contributed by atoms with van der Waals surface area (Å²) >= 11 is 6.15. The van der Waals surface area contributed by atoms with E-state index >= 15 is 0 Å². The van der Waals surface area contributed by atoms with Crippen molar-refractivity contribution in [3.8, 4) is 17.2 Å². The molecular formula is C36H27ClN4O3. The van der Waals surface area contributed by atoms with Crippen LogP contribution in [0.25, 0.3) is 27.4 Å². The Bertz CT molecular complexity index is 2130. The number of benzene rings is 4. The molecule has 0 spiro atoms. The Morgan fingerprint density at radius 1 is 0.977 bits per heavy atom. The van der Waals surface area contributed by atoms with Crippen LogP contribution in [0.5, 0.6) is 11.5 Å². The number of pyridine rings is 1. The Morgan fingerprint density at radius 2 is 1.86 bits per heavy atom. The minimum Gasteiger partial charge on any atom is -0.487 e. The molecule has 44 heavy (non-hydrogen) atoms. The predicted octanol–water partition coefficient (Wildman–Crippen LogP) is 8.04. The van der Waals surface area contributed by atoms with Crippen molar-refractivity contribution in [1.82, 2.24) is 20.0 Å². The third kappa shape index (κ3) is 4.70. The highest BCUT2D eigenvalue weighted by molar-refractivity contribution is 6.31. The molecule has 3 heterocycles. The van der Waals surface area contributed by atoms with E-state index in [1.165, 1.54) is 5.56 Å². The van der Waals surface area contributed by atoms with Crippen LogP contribution in [0.1, 0.15) is 47.6 Å². The standard InChI is InChI=1S/C36H27ClN4O3/c1-21-5-7-22(8-6-21)35-29-16-24-15-27(11-9-23(24)17-34(29)44-33-4-2-3-32(42)36(33)35)43-20-26-19-41(40-39-26)31-13-14-38-30-18-25(37)10-12-28(30)31/h5-19,35H,2-4,20H2,1H3. The smallest absolute Gasteiger partial charge is 0.163 e. The largest absolute Gasteiger partial charge is 0.487 e. The van der Waals surface area contributed by atoms with Crippen LogP contribution in [0.15, 0.2) is 103 Å². The third-order valence-corrected chi connectivity index (χ3v) is 8.68. The van der Waals surface area contributed by atoms with Crippen LogP contribution >= 0.6 is 11.6 Å². The summed E-state index contributed by atoms with van der Waals surface area (Å²) in [5.41, 5.74) is 6.43. The number of carbonyl (C=O) groups excluding carboxylic acids is 1. The van der Waals surface area contributed by atoms with Gasteiger partial charge >= 0.3 is 0 Å². The van der Waals surface area contributed by atoms with Crippen LogP contribution in [-0.2, 0) is 11.4 Å². The number of ether oxygens (including phenoxy) is 2. The number of allylic oxidation sites excluding steroid dienone is 2. The second-order valence-corrected chi connectivity index (χ2v) is 11.8. The molecule has 2 aliphatic rings. The van der Waals surface area contributed by atoms with Crippen molar-refractivity contribution < 1.29 is 14.3 Å². The molecule has 0 N–H and O–H groups in total. The minimum atomic E-state index is -0.161. The van der Waals surface area contributed by atoms with E-state index in [0.717, 1.165) is 68.4 Å². The molecular weight excluding hydrogens is 572 g/mol. The number of fused-ring (bicyclic) bond motifs is 3. The fourth-order valence-electron chi connectivity index (χ4n) is 6.28. The highest BCUT2D eigenvalue weighted by atomic mass is 35.5. The lowest BCUT2D eigenvalue weighted by Crippen LogP contribution is -2.25. The maximum absolute atomic E-state index is 13.2. The average Bonchev–Trinajstić information content (AvgIpc) is 3.51. The van der Waals surface area contributed by atoms with Gasteiger partial charge in [0.2, 0.25) is 0 Å². The fourth-order valence-corrected chi connectivity index (χ4v) is 6.44. The van der Waals surface area contributed by atoms with Crippen molar-refractivity contribution in [2.75, 3.05) is 0 Å². The molecule has 0 saturated heterocycles. The second-order valence-electron chi connectivity index (χ2n) is 11.4. The monoisotopic (exact) mass is 598 g/mol. The lowest BCUT2D eigenvalue weighted by Gasteiger charge is -2.33. The number of halogens is 1. The molecule has 6 aromatic rings. The minimum absolute atomic E-state index is 0.161. The van der Waals surface area contributed by atoms with E-state index in [4.69, 9.17) is 21.1 Å². The first-order valence-electron chi connectivity index (χ1n) is 14.7. The lowest BCUT2D eigenvalue weighted by molar-refractivity contribution is -0.116. The van der Waals surface area contributed by atoms with Gasteiger partial charge in [-0.15, -0.1) is 5.10 Å². The highest BCUT2D eigenvalue weighted by Crippen LogP contribution is 2.48. The second kappa shape index (κ2) is 10.6. The summed E-state index contributed by atoms with van der Waals surface area (Å²) in [5, 5.41) is 12.3. The van der Waals surface area contributed by atoms with Gasteiger partial charge in [0.1, 0.15) is 29.6 Å². The van der Waals surface area contributed by atoms with Gasteiger partial charge in [0, 0.05) is 46.5 Å². The Morgan fingerprint density at radius 3 is 2.75 bits per heavy atom. The van der Waals surface area contributed by atoms with Gasteiger partial charge in [0.05, 0.1) is 17.4 Å².